The molecule has 0 spiro atoms. The lowest BCUT2D eigenvalue weighted by Gasteiger charge is -2.21. The largest absolute Gasteiger partial charge is 0.422 e. The van der Waals surface area contributed by atoms with Crippen LogP contribution in [-0.2, 0) is 0 Å². The van der Waals surface area contributed by atoms with Gasteiger partial charge in [0.15, 0.2) is 6.17 Å². The lowest BCUT2D eigenvalue weighted by atomic mass is 10.3. The summed E-state index contributed by atoms with van der Waals surface area (Å²) in [6.45, 7) is 0. The molecule has 0 aliphatic carbocycles. The fourth-order valence-corrected chi connectivity index (χ4v) is 1.02. The smallest absolute Gasteiger partial charge is 0.362 e. The molecule has 0 heterocycles. The minimum absolute atomic E-state index is 0.434. The number of benzene rings is 1. The van der Waals surface area contributed by atoms with Crippen molar-refractivity contribution in [3.8, 4) is 0 Å². The summed E-state index contributed by atoms with van der Waals surface area (Å²) in [5.74, 6) is 0. The number of rotatable bonds is 3. The Morgan fingerprint density at radius 3 is 2.14 bits per heavy atom. The van der Waals surface area contributed by atoms with Crippen LogP contribution in [0.2, 0.25) is 0 Å². The fourth-order valence-electron chi connectivity index (χ4n) is 1.02. The SMILES string of the molecule is CNC(Nc1ccccc1)C(F)(F)F. The molecule has 1 rings (SSSR count). The van der Waals surface area contributed by atoms with Gasteiger partial charge in [-0.25, -0.2) is 0 Å². The number of nitrogens with one attached hydrogen (secondary N) is 2. The van der Waals surface area contributed by atoms with E-state index in [1.807, 2.05) is 0 Å². The van der Waals surface area contributed by atoms with Crippen LogP contribution in [0.15, 0.2) is 30.3 Å². The third-order valence-corrected chi connectivity index (χ3v) is 1.70. The van der Waals surface area contributed by atoms with Crippen molar-refractivity contribution in [3.63, 3.8) is 0 Å². The van der Waals surface area contributed by atoms with Gasteiger partial charge < -0.3 is 5.32 Å². The first kappa shape index (κ1) is 10.8. The Morgan fingerprint density at radius 1 is 1.14 bits per heavy atom. The van der Waals surface area contributed by atoms with Crippen LogP contribution in [0.5, 0.6) is 0 Å². The minimum atomic E-state index is -4.30. The van der Waals surface area contributed by atoms with Crippen LogP contribution in [0.3, 0.4) is 0 Å². The first-order valence-electron chi connectivity index (χ1n) is 4.09. The van der Waals surface area contributed by atoms with Crippen LogP contribution in [0.4, 0.5) is 18.9 Å². The van der Waals surface area contributed by atoms with Gasteiger partial charge in [-0.3, -0.25) is 5.32 Å². The first-order chi connectivity index (χ1) is 6.54. The van der Waals surface area contributed by atoms with Crippen molar-refractivity contribution in [2.24, 2.45) is 0 Å². The molecule has 0 aliphatic rings. The number of para-hydroxylation sites is 1. The highest BCUT2D eigenvalue weighted by atomic mass is 19.4. The summed E-state index contributed by atoms with van der Waals surface area (Å²) < 4.78 is 36.8. The van der Waals surface area contributed by atoms with E-state index < -0.39 is 12.3 Å². The average molecular weight is 204 g/mol. The van der Waals surface area contributed by atoms with Gasteiger partial charge in [-0.05, 0) is 19.2 Å². The highest BCUT2D eigenvalue weighted by molar-refractivity contribution is 5.43. The van der Waals surface area contributed by atoms with Crippen molar-refractivity contribution in [2.75, 3.05) is 12.4 Å². The molecule has 0 amide bonds. The minimum Gasteiger partial charge on any atom is -0.362 e. The Hall–Kier alpha value is -1.23. The molecule has 0 fully saturated rings. The Labute approximate surface area is 80.1 Å². The van der Waals surface area contributed by atoms with Gasteiger partial charge in [0.1, 0.15) is 0 Å². The molecule has 1 atom stereocenters. The summed E-state index contributed by atoms with van der Waals surface area (Å²) >= 11 is 0. The Bertz CT molecular complexity index is 271. The van der Waals surface area contributed by atoms with Gasteiger partial charge in [-0.2, -0.15) is 13.2 Å². The molecule has 2 N–H and O–H groups in total. The molecule has 0 radical (unpaired) electrons. The molecule has 5 heteroatoms. The van der Waals surface area contributed by atoms with E-state index in [1.54, 1.807) is 30.3 Å². The summed E-state index contributed by atoms with van der Waals surface area (Å²) in [7, 11) is 1.26. The van der Waals surface area contributed by atoms with E-state index >= 15 is 0 Å². The maximum Gasteiger partial charge on any atom is 0.422 e. The third kappa shape index (κ3) is 2.92. The maximum atomic E-state index is 12.3. The van der Waals surface area contributed by atoms with Gasteiger partial charge in [0.25, 0.3) is 0 Å². The van der Waals surface area contributed by atoms with E-state index in [-0.39, 0.29) is 0 Å². The molecule has 1 aromatic rings. The number of hydrogen-bond acceptors (Lipinski definition) is 2. The van der Waals surface area contributed by atoms with Crippen molar-refractivity contribution < 1.29 is 13.2 Å². The standard InChI is InChI=1S/C9H11F3N2/c1-13-8(9(10,11)12)14-7-5-3-2-4-6-7/h2-6,8,13-14H,1H3. The van der Waals surface area contributed by atoms with Gasteiger partial charge in [0.2, 0.25) is 0 Å². The second-order valence-corrected chi connectivity index (χ2v) is 2.77. The van der Waals surface area contributed by atoms with E-state index in [2.05, 4.69) is 10.6 Å². The van der Waals surface area contributed by atoms with Crippen LogP contribution in [0.25, 0.3) is 0 Å². The molecule has 1 unspecified atom stereocenters. The van der Waals surface area contributed by atoms with Crippen LogP contribution in [0.1, 0.15) is 0 Å². The average Bonchev–Trinajstić information content (AvgIpc) is 2.14. The van der Waals surface area contributed by atoms with E-state index in [0.29, 0.717) is 5.69 Å². The van der Waals surface area contributed by atoms with Crippen LogP contribution < -0.4 is 10.6 Å². The lowest BCUT2D eigenvalue weighted by molar-refractivity contribution is -0.147. The van der Waals surface area contributed by atoms with Gasteiger partial charge in [0, 0.05) is 5.69 Å². The number of alkyl halides is 3. The van der Waals surface area contributed by atoms with Crippen LogP contribution in [-0.4, -0.2) is 19.4 Å². The number of hydrogen-bond donors (Lipinski definition) is 2. The number of halogens is 3. The first-order valence-corrected chi connectivity index (χ1v) is 4.09. The summed E-state index contributed by atoms with van der Waals surface area (Å²) in [5, 5.41) is 4.49. The highest BCUT2D eigenvalue weighted by Gasteiger charge is 2.38. The normalized spacial score (nSPS) is 13.7. The van der Waals surface area contributed by atoms with Crippen molar-refractivity contribution >= 4 is 5.69 Å². The molecule has 2 nitrogen and oxygen atoms in total. The van der Waals surface area contributed by atoms with Crippen molar-refractivity contribution in [1.82, 2.24) is 5.32 Å². The van der Waals surface area contributed by atoms with Gasteiger partial charge in [0.05, 0.1) is 0 Å². The summed E-state index contributed by atoms with van der Waals surface area (Å²) in [6.07, 6.45) is -6.02. The van der Waals surface area contributed by atoms with E-state index in [9.17, 15) is 13.2 Å². The zero-order valence-corrected chi connectivity index (χ0v) is 7.60. The molecule has 0 aromatic heterocycles. The summed E-state index contributed by atoms with van der Waals surface area (Å²) in [6, 6.07) is 8.25. The monoisotopic (exact) mass is 204 g/mol. The van der Waals surface area contributed by atoms with Gasteiger partial charge in [-0.1, -0.05) is 18.2 Å². The van der Waals surface area contributed by atoms with E-state index in [1.165, 1.54) is 7.05 Å². The lowest BCUT2D eigenvalue weighted by Crippen LogP contribution is -2.46. The predicted molar refractivity (Wildman–Crippen MR) is 49.0 cm³/mol. The quantitative estimate of drug-likeness (QED) is 0.737. The molecule has 78 valence electrons. The molecule has 14 heavy (non-hydrogen) atoms. The van der Waals surface area contributed by atoms with Crippen molar-refractivity contribution in [2.45, 2.75) is 12.3 Å². The zero-order valence-electron chi connectivity index (χ0n) is 7.60. The van der Waals surface area contributed by atoms with Crippen molar-refractivity contribution in [1.29, 1.82) is 0 Å². The maximum absolute atomic E-state index is 12.3. The molecular weight excluding hydrogens is 193 g/mol. The molecule has 0 aliphatic heterocycles. The number of anilines is 1. The highest BCUT2D eigenvalue weighted by Crippen LogP contribution is 2.21. The Morgan fingerprint density at radius 2 is 1.71 bits per heavy atom. The molecular formula is C9H11F3N2. The molecule has 0 saturated heterocycles. The van der Waals surface area contributed by atoms with Crippen LogP contribution >= 0.6 is 0 Å². The van der Waals surface area contributed by atoms with Crippen molar-refractivity contribution in [3.05, 3.63) is 30.3 Å². The second kappa shape index (κ2) is 4.32. The molecule has 0 saturated carbocycles. The summed E-state index contributed by atoms with van der Waals surface area (Å²) in [4.78, 5) is 0. The topological polar surface area (TPSA) is 24.1 Å². The van der Waals surface area contributed by atoms with Gasteiger partial charge in [-0.15, -0.1) is 0 Å². The predicted octanol–water partition coefficient (Wildman–Crippen LogP) is 2.21. The van der Waals surface area contributed by atoms with Crippen LogP contribution in [0, 0.1) is 0 Å². The Kier molecular flexibility index (Phi) is 3.35. The zero-order chi connectivity index (χ0) is 10.6. The van der Waals surface area contributed by atoms with Gasteiger partial charge >= 0.3 is 6.18 Å². The second-order valence-electron chi connectivity index (χ2n) is 2.77. The summed E-state index contributed by atoms with van der Waals surface area (Å²) in [5.41, 5.74) is 0.434. The van der Waals surface area contributed by atoms with E-state index in [4.69, 9.17) is 0 Å². The fraction of sp³-hybridized carbons (Fsp3) is 0.333. The molecule has 0 bridgehead atoms. The van der Waals surface area contributed by atoms with E-state index in [0.717, 1.165) is 0 Å². The molecule has 1 aromatic carbocycles. The Balaban J connectivity index is 2.67. The third-order valence-electron chi connectivity index (χ3n) is 1.70.